The number of hydrogen-bond acceptors (Lipinski definition) is 4. The van der Waals surface area contributed by atoms with Gasteiger partial charge in [0.25, 0.3) is 0 Å². The van der Waals surface area contributed by atoms with Crippen molar-refractivity contribution in [1.29, 1.82) is 0 Å². The normalized spacial score (nSPS) is 19.8. The highest BCUT2D eigenvalue weighted by Crippen LogP contribution is 2.24. The Morgan fingerprint density at radius 1 is 1.30 bits per heavy atom. The molecule has 0 N–H and O–H groups in total. The predicted molar refractivity (Wildman–Crippen MR) is 87.2 cm³/mol. The van der Waals surface area contributed by atoms with Crippen LogP contribution in [0.15, 0.2) is 42.7 Å². The number of sulfonamides is 1. The topological polar surface area (TPSA) is 64.4 Å². The fourth-order valence-corrected chi connectivity index (χ4v) is 4.19. The van der Waals surface area contributed by atoms with Crippen molar-refractivity contribution in [3.05, 3.63) is 53.9 Å². The number of ether oxygens (including phenoxy) is 1. The molecule has 2 heterocycles. The SMILES string of the molecule is CCn1cc(C2CN(S(=O)(=O)Cc3ccccc3)CCO2)cn1. The summed E-state index contributed by atoms with van der Waals surface area (Å²) in [5, 5.41) is 4.23. The van der Waals surface area contributed by atoms with E-state index in [1.807, 2.05) is 48.1 Å². The van der Waals surface area contributed by atoms with Gasteiger partial charge in [0.1, 0.15) is 0 Å². The van der Waals surface area contributed by atoms with Crippen LogP contribution in [0.5, 0.6) is 0 Å². The highest BCUT2D eigenvalue weighted by Gasteiger charge is 2.30. The van der Waals surface area contributed by atoms with E-state index in [-0.39, 0.29) is 11.9 Å². The molecule has 1 unspecified atom stereocenters. The van der Waals surface area contributed by atoms with Crippen LogP contribution in [0.2, 0.25) is 0 Å². The molecule has 3 rings (SSSR count). The summed E-state index contributed by atoms with van der Waals surface area (Å²) in [4.78, 5) is 0. The van der Waals surface area contributed by atoms with Crippen LogP contribution < -0.4 is 0 Å². The van der Waals surface area contributed by atoms with Crippen molar-refractivity contribution in [1.82, 2.24) is 14.1 Å². The molecule has 124 valence electrons. The van der Waals surface area contributed by atoms with E-state index in [0.29, 0.717) is 19.7 Å². The van der Waals surface area contributed by atoms with Crippen molar-refractivity contribution in [2.24, 2.45) is 0 Å². The minimum absolute atomic E-state index is 0.0226. The van der Waals surface area contributed by atoms with Crippen molar-refractivity contribution >= 4 is 10.0 Å². The Morgan fingerprint density at radius 3 is 2.78 bits per heavy atom. The highest BCUT2D eigenvalue weighted by atomic mass is 32.2. The third-order valence-corrected chi connectivity index (χ3v) is 5.78. The first-order valence-electron chi connectivity index (χ1n) is 7.74. The molecular formula is C16H21N3O3S. The number of aromatic nitrogens is 2. The number of morpholine rings is 1. The number of benzene rings is 1. The molecule has 1 aliphatic rings. The Bertz CT molecular complexity index is 743. The van der Waals surface area contributed by atoms with Crippen LogP contribution in [0.1, 0.15) is 24.2 Å². The summed E-state index contributed by atoms with van der Waals surface area (Å²) in [7, 11) is -3.35. The molecule has 1 fully saturated rings. The lowest BCUT2D eigenvalue weighted by atomic mass is 10.2. The molecular weight excluding hydrogens is 314 g/mol. The summed E-state index contributed by atoms with van der Waals surface area (Å²) in [6.45, 7) is 3.92. The molecule has 1 saturated heterocycles. The van der Waals surface area contributed by atoms with Gasteiger partial charge in [0, 0.05) is 31.4 Å². The third kappa shape index (κ3) is 3.80. The molecule has 1 aliphatic heterocycles. The largest absolute Gasteiger partial charge is 0.371 e. The molecule has 0 amide bonds. The first-order valence-corrected chi connectivity index (χ1v) is 9.35. The van der Waals surface area contributed by atoms with Crippen LogP contribution >= 0.6 is 0 Å². The maximum Gasteiger partial charge on any atom is 0.218 e. The molecule has 0 spiro atoms. The summed E-state index contributed by atoms with van der Waals surface area (Å²) < 4.78 is 34.4. The highest BCUT2D eigenvalue weighted by molar-refractivity contribution is 7.88. The van der Waals surface area contributed by atoms with E-state index in [9.17, 15) is 8.42 Å². The zero-order valence-electron chi connectivity index (χ0n) is 13.1. The van der Waals surface area contributed by atoms with Crippen molar-refractivity contribution in [2.45, 2.75) is 25.3 Å². The van der Waals surface area contributed by atoms with E-state index < -0.39 is 10.0 Å². The van der Waals surface area contributed by atoms with Gasteiger partial charge in [-0.1, -0.05) is 30.3 Å². The second kappa shape index (κ2) is 6.82. The molecule has 0 saturated carbocycles. The maximum absolute atomic E-state index is 12.6. The monoisotopic (exact) mass is 335 g/mol. The maximum atomic E-state index is 12.6. The Kier molecular flexibility index (Phi) is 4.79. The van der Waals surface area contributed by atoms with Crippen LogP contribution in [-0.4, -0.2) is 42.2 Å². The summed E-state index contributed by atoms with van der Waals surface area (Å²) in [6.07, 6.45) is 3.41. The van der Waals surface area contributed by atoms with E-state index in [1.54, 1.807) is 6.20 Å². The van der Waals surface area contributed by atoms with Gasteiger partial charge in [-0.05, 0) is 12.5 Å². The summed E-state index contributed by atoms with van der Waals surface area (Å²) in [5.74, 6) is 0.0226. The first kappa shape index (κ1) is 16.2. The lowest BCUT2D eigenvalue weighted by Crippen LogP contribution is -2.42. The fourth-order valence-electron chi connectivity index (χ4n) is 2.67. The lowest BCUT2D eigenvalue weighted by molar-refractivity contribution is -0.00265. The van der Waals surface area contributed by atoms with Crippen LogP contribution in [0, 0.1) is 0 Å². The number of hydrogen-bond donors (Lipinski definition) is 0. The second-order valence-corrected chi connectivity index (χ2v) is 7.56. The van der Waals surface area contributed by atoms with Crippen molar-refractivity contribution in [3.63, 3.8) is 0 Å². The standard InChI is InChI=1S/C16H21N3O3S/c1-2-18-11-15(10-17-18)16-12-19(8-9-22-16)23(20,21)13-14-6-4-3-5-7-14/h3-7,10-11,16H,2,8-9,12-13H2,1H3. The molecule has 0 aliphatic carbocycles. The van der Waals surface area contributed by atoms with Gasteiger partial charge >= 0.3 is 0 Å². The minimum Gasteiger partial charge on any atom is -0.371 e. The van der Waals surface area contributed by atoms with Gasteiger partial charge in [-0.2, -0.15) is 9.40 Å². The summed E-state index contributed by atoms with van der Waals surface area (Å²) in [5.41, 5.74) is 1.72. The second-order valence-electron chi connectivity index (χ2n) is 5.59. The van der Waals surface area contributed by atoms with Crippen molar-refractivity contribution < 1.29 is 13.2 Å². The first-order chi connectivity index (χ1) is 11.1. The molecule has 1 aromatic heterocycles. The summed E-state index contributed by atoms with van der Waals surface area (Å²) >= 11 is 0. The molecule has 2 aromatic rings. The van der Waals surface area contributed by atoms with Gasteiger partial charge in [0.2, 0.25) is 10.0 Å². The smallest absolute Gasteiger partial charge is 0.218 e. The van der Waals surface area contributed by atoms with Crippen molar-refractivity contribution in [2.75, 3.05) is 19.7 Å². The van der Waals surface area contributed by atoms with Crippen LogP contribution in [-0.2, 0) is 27.1 Å². The van der Waals surface area contributed by atoms with E-state index in [4.69, 9.17) is 4.74 Å². The minimum atomic E-state index is -3.35. The predicted octanol–water partition coefficient (Wildman–Crippen LogP) is 1.81. The van der Waals surface area contributed by atoms with E-state index in [1.165, 1.54) is 4.31 Å². The molecule has 1 aromatic carbocycles. The van der Waals surface area contributed by atoms with Crippen LogP contribution in [0.4, 0.5) is 0 Å². The number of rotatable bonds is 5. The fraction of sp³-hybridized carbons (Fsp3) is 0.438. The van der Waals surface area contributed by atoms with Gasteiger partial charge in [0.15, 0.2) is 0 Å². The van der Waals surface area contributed by atoms with E-state index in [0.717, 1.165) is 17.7 Å². The van der Waals surface area contributed by atoms with E-state index in [2.05, 4.69) is 5.10 Å². The van der Waals surface area contributed by atoms with Gasteiger partial charge in [0.05, 0.1) is 24.7 Å². The van der Waals surface area contributed by atoms with Crippen LogP contribution in [0.25, 0.3) is 0 Å². The quantitative estimate of drug-likeness (QED) is 0.836. The Balaban J connectivity index is 1.72. The molecule has 6 nitrogen and oxygen atoms in total. The Labute approximate surface area is 136 Å². The van der Waals surface area contributed by atoms with Gasteiger partial charge in [-0.3, -0.25) is 4.68 Å². The van der Waals surface area contributed by atoms with Crippen molar-refractivity contribution in [3.8, 4) is 0 Å². The third-order valence-electron chi connectivity index (χ3n) is 3.96. The van der Waals surface area contributed by atoms with Gasteiger partial charge < -0.3 is 4.74 Å². The zero-order valence-corrected chi connectivity index (χ0v) is 13.9. The summed E-state index contributed by atoms with van der Waals surface area (Å²) in [6, 6.07) is 9.26. The molecule has 0 bridgehead atoms. The molecule has 7 heteroatoms. The van der Waals surface area contributed by atoms with Gasteiger partial charge in [-0.25, -0.2) is 8.42 Å². The average molecular weight is 335 g/mol. The number of aryl methyl sites for hydroxylation is 1. The molecule has 1 atom stereocenters. The molecule has 0 radical (unpaired) electrons. The Hall–Kier alpha value is -1.70. The molecule has 23 heavy (non-hydrogen) atoms. The Morgan fingerprint density at radius 2 is 2.09 bits per heavy atom. The van der Waals surface area contributed by atoms with E-state index >= 15 is 0 Å². The lowest BCUT2D eigenvalue weighted by Gasteiger charge is -2.31. The zero-order chi connectivity index (χ0) is 16.3. The van der Waals surface area contributed by atoms with Gasteiger partial charge in [-0.15, -0.1) is 0 Å². The number of nitrogens with zero attached hydrogens (tertiary/aromatic N) is 3. The van der Waals surface area contributed by atoms with Crippen LogP contribution in [0.3, 0.4) is 0 Å². The average Bonchev–Trinajstić information content (AvgIpc) is 3.05.